The number of thiazole rings is 1. The molecule has 29 heavy (non-hydrogen) atoms. The second-order valence-corrected chi connectivity index (χ2v) is 7.39. The lowest BCUT2D eigenvalue weighted by Crippen LogP contribution is -2.34. The van der Waals surface area contributed by atoms with Gasteiger partial charge in [-0.25, -0.2) is 4.98 Å². The van der Waals surface area contributed by atoms with Crippen LogP contribution in [0, 0.1) is 6.92 Å². The fourth-order valence-electron chi connectivity index (χ4n) is 2.88. The Bertz CT molecular complexity index is 978. The molecule has 3 rings (SSSR count). The van der Waals surface area contributed by atoms with E-state index >= 15 is 0 Å². The van der Waals surface area contributed by atoms with Gasteiger partial charge < -0.3 is 9.32 Å². The monoisotopic (exact) mass is 409 g/mol. The third-order valence-electron chi connectivity index (χ3n) is 4.42. The number of hydrogen-bond acceptors (Lipinski definition) is 5. The van der Waals surface area contributed by atoms with Crippen molar-refractivity contribution in [1.29, 1.82) is 0 Å². The van der Waals surface area contributed by atoms with Gasteiger partial charge in [0.15, 0.2) is 5.13 Å². The molecule has 0 unspecified atom stereocenters. The highest BCUT2D eigenvalue weighted by Gasteiger charge is 2.17. The zero-order valence-electron chi connectivity index (χ0n) is 16.3. The van der Waals surface area contributed by atoms with Crippen molar-refractivity contribution in [3.8, 4) is 0 Å². The Kier molecular flexibility index (Phi) is 6.97. The van der Waals surface area contributed by atoms with Gasteiger partial charge >= 0.3 is 0 Å². The van der Waals surface area contributed by atoms with Crippen LogP contribution in [0.25, 0.3) is 0 Å². The smallest absolute Gasteiger partial charge is 0.260 e. The van der Waals surface area contributed by atoms with Gasteiger partial charge in [0, 0.05) is 18.5 Å². The Balaban J connectivity index is 1.57. The van der Waals surface area contributed by atoms with Crippen LogP contribution in [0.3, 0.4) is 0 Å². The molecule has 1 N–H and O–H groups in total. The van der Waals surface area contributed by atoms with Crippen LogP contribution in [-0.2, 0) is 17.6 Å². The van der Waals surface area contributed by atoms with E-state index in [1.54, 1.807) is 29.3 Å². The van der Waals surface area contributed by atoms with E-state index in [9.17, 15) is 9.59 Å². The van der Waals surface area contributed by atoms with Gasteiger partial charge in [-0.05, 0) is 25.0 Å². The minimum absolute atomic E-state index is 0.0188. The normalized spacial score (nSPS) is 10.5. The van der Waals surface area contributed by atoms with Crippen LogP contribution in [0.2, 0.25) is 0 Å². The van der Waals surface area contributed by atoms with Crippen LogP contribution in [0.15, 0.2) is 65.1 Å². The van der Waals surface area contributed by atoms with Crippen molar-refractivity contribution >= 4 is 28.3 Å². The summed E-state index contributed by atoms with van der Waals surface area (Å²) < 4.78 is 5.15. The predicted octanol–water partition coefficient (Wildman–Crippen LogP) is 4.10. The maximum atomic E-state index is 12.7. The van der Waals surface area contributed by atoms with Gasteiger partial charge in [-0.3, -0.25) is 14.9 Å². The highest BCUT2D eigenvalue weighted by atomic mass is 32.1. The molecule has 2 aromatic heterocycles. The van der Waals surface area contributed by atoms with Gasteiger partial charge in [0.2, 0.25) is 5.91 Å². The zero-order chi connectivity index (χ0) is 20.6. The molecule has 0 aliphatic carbocycles. The maximum Gasteiger partial charge on any atom is 0.260 e. The minimum atomic E-state index is -0.278. The summed E-state index contributed by atoms with van der Waals surface area (Å²) in [5.74, 6) is 0.252. The molecule has 2 amide bonds. The molecule has 0 aliphatic heterocycles. The van der Waals surface area contributed by atoms with Crippen molar-refractivity contribution in [2.24, 2.45) is 0 Å². The van der Waals surface area contributed by atoms with E-state index < -0.39 is 0 Å². The van der Waals surface area contributed by atoms with E-state index in [0.29, 0.717) is 35.2 Å². The molecule has 0 aliphatic rings. The van der Waals surface area contributed by atoms with E-state index in [-0.39, 0.29) is 18.2 Å². The first kappa shape index (κ1) is 20.5. The molecule has 0 bridgehead atoms. The van der Waals surface area contributed by atoms with Crippen molar-refractivity contribution in [1.82, 2.24) is 9.88 Å². The predicted molar refractivity (Wildman–Crippen MR) is 114 cm³/mol. The topological polar surface area (TPSA) is 75.4 Å². The first-order chi connectivity index (χ1) is 14.1. The molecule has 1 aromatic carbocycles. The van der Waals surface area contributed by atoms with Crippen molar-refractivity contribution in [2.75, 3.05) is 18.4 Å². The van der Waals surface area contributed by atoms with Crippen molar-refractivity contribution in [3.05, 3.63) is 83.3 Å². The van der Waals surface area contributed by atoms with Gasteiger partial charge in [-0.2, -0.15) is 0 Å². The number of carbonyl (C=O) groups is 2. The molecule has 150 valence electrons. The van der Waals surface area contributed by atoms with Gasteiger partial charge in [-0.1, -0.05) is 36.4 Å². The Hall–Kier alpha value is -3.19. The van der Waals surface area contributed by atoms with Crippen molar-refractivity contribution in [2.45, 2.75) is 19.8 Å². The van der Waals surface area contributed by atoms with E-state index in [0.717, 1.165) is 6.42 Å². The van der Waals surface area contributed by atoms with E-state index in [2.05, 4.69) is 16.9 Å². The van der Waals surface area contributed by atoms with Crippen molar-refractivity contribution < 1.29 is 14.0 Å². The number of aromatic nitrogens is 1. The number of rotatable bonds is 9. The van der Waals surface area contributed by atoms with E-state index in [4.69, 9.17) is 4.42 Å². The zero-order valence-corrected chi connectivity index (χ0v) is 17.1. The highest BCUT2D eigenvalue weighted by Crippen LogP contribution is 2.19. The number of anilines is 1. The number of benzene rings is 1. The molecule has 0 spiro atoms. The van der Waals surface area contributed by atoms with Crippen LogP contribution in [0.1, 0.15) is 27.4 Å². The number of carbonyl (C=O) groups excluding carboxylic acids is 2. The van der Waals surface area contributed by atoms with Gasteiger partial charge in [0.1, 0.15) is 5.76 Å². The number of amides is 2. The number of aryl methyl sites for hydroxylation is 1. The average Bonchev–Trinajstić information content (AvgIpc) is 3.34. The fourth-order valence-corrected chi connectivity index (χ4v) is 3.58. The van der Waals surface area contributed by atoms with Crippen LogP contribution in [0.4, 0.5) is 5.13 Å². The molecular formula is C22H23N3O3S. The molecule has 0 saturated heterocycles. The highest BCUT2D eigenvalue weighted by molar-refractivity contribution is 7.14. The molecule has 3 aromatic rings. The van der Waals surface area contributed by atoms with Gasteiger partial charge in [0.05, 0.1) is 23.9 Å². The Labute approximate surface area is 173 Å². The third-order valence-corrected chi connectivity index (χ3v) is 5.23. The molecule has 0 atom stereocenters. The molecule has 7 heteroatoms. The van der Waals surface area contributed by atoms with Crippen LogP contribution >= 0.6 is 11.3 Å². The summed E-state index contributed by atoms with van der Waals surface area (Å²) >= 11 is 1.29. The second kappa shape index (κ2) is 9.84. The van der Waals surface area contributed by atoms with Crippen LogP contribution in [0.5, 0.6) is 0 Å². The molecule has 0 saturated carbocycles. The Morgan fingerprint density at radius 3 is 2.76 bits per heavy atom. The van der Waals surface area contributed by atoms with E-state index in [1.807, 2.05) is 30.3 Å². The lowest BCUT2D eigenvalue weighted by atomic mass is 10.1. The summed E-state index contributed by atoms with van der Waals surface area (Å²) in [5, 5.41) is 4.99. The average molecular weight is 410 g/mol. The Morgan fingerprint density at radius 1 is 1.28 bits per heavy atom. The molecule has 0 fully saturated rings. The fraction of sp³-hybridized carbons (Fsp3) is 0.227. The lowest BCUT2D eigenvalue weighted by Gasteiger charge is -2.20. The number of furan rings is 1. The summed E-state index contributed by atoms with van der Waals surface area (Å²) in [6, 6.07) is 11.7. The van der Waals surface area contributed by atoms with Gasteiger partial charge in [0.25, 0.3) is 5.91 Å². The second-order valence-electron chi connectivity index (χ2n) is 6.53. The number of hydrogen-bond donors (Lipinski definition) is 1. The number of nitrogens with one attached hydrogen (secondary N) is 1. The summed E-state index contributed by atoms with van der Waals surface area (Å²) in [6.07, 6.45) is 4.16. The quantitative estimate of drug-likeness (QED) is 0.540. The first-order valence-electron chi connectivity index (χ1n) is 9.29. The first-order valence-corrected chi connectivity index (χ1v) is 10.2. The maximum absolute atomic E-state index is 12.7. The third kappa shape index (κ3) is 5.65. The molecule has 6 nitrogen and oxygen atoms in total. The van der Waals surface area contributed by atoms with Crippen molar-refractivity contribution in [3.63, 3.8) is 0 Å². The molecule has 2 heterocycles. The van der Waals surface area contributed by atoms with Gasteiger partial charge in [-0.15, -0.1) is 17.9 Å². The molecule has 0 radical (unpaired) electrons. The van der Waals surface area contributed by atoms with Crippen LogP contribution in [-0.4, -0.2) is 34.8 Å². The Morgan fingerprint density at radius 2 is 2.07 bits per heavy atom. The summed E-state index contributed by atoms with van der Waals surface area (Å²) in [7, 11) is 0. The summed E-state index contributed by atoms with van der Waals surface area (Å²) in [4.78, 5) is 31.1. The summed E-state index contributed by atoms with van der Waals surface area (Å²) in [6.45, 7) is 6.58. The van der Waals surface area contributed by atoms with Crippen LogP contribution < -0.4 is 5.32 Å². The number of nitrogens with zero attached hydrogens (tertiary/aromatic N) is 2. The largest absolute Gasteiger partial charge is 0.469 e. The summed E-state index contributed by atoms with van der Waals surface area (Å²) in [5.41, 5.74) is 2.28. The minimum Gasteiger partial charge on any atom is -0.469 e. The van der Waals surface area contributed by atoms with E-state index in [1.165, 1.54) is 23.2 Å². The SMILES string of the molecule is C=CCN(CCc1ccccc1)C(=O)Cc1csc(NC(=O)c2ccoc2C)n1. The lowest BCUT2D eigenvalue weighted by molar-refractivity contribution is -0.130. The molecular weight excluding hydrogens is 386 g/mol. The standard InChI is InChI=1S/C22H23N3O3S/c1-3-11-25(12-9-17-7-5-4-6-8-17)20(26)14-18-15-29-22(23-18)24-21(27)19-10-13-28-16(19)2/h3-8,10,13,15H,1,9,11-12,14H2,2H3,(H,23,24,27).